The SMILES string of the molecule is Cc1ccc(-c2cc3ncnc(Cl)c3s2)c(C)c1. The first-order chi connectivity index (χ1) is 8.65. The zero-order valence-corrected chi connectivity index (χ0v) is 11.6. The molecule has 18 heavy (non-hydrogen) atoms. The summed E-state index contributed by atoms with van der Waals surface area (Å²) in [6.07, 6.45) is 1.50. The van der Waals surface area contributed by atoms with Crippen molar-refractivity contribution in [3.63, 3.8) is 0 Å². The number of benzene rings is 1. The molecular weight excluding hydrogens is 264 g/mol. The zero-order chi connectivity index (χ0) is 12.7. The van der Waals surface area contributed by atoms with E-state index in [1.54, 1.807) is 11.3 Å². The molecule has 0 aliphatic carbocycles. The van der Waals surface area contributed by atoms with Gasteiger partial charge in [-0.05, 0) is 31.0 Å². The van der Waals surface area contributed by atoms with Gasteiger partial charge >= 0.3 is 0 Å². The van der Waals surface area contributed by atoms with Crippen LogP contribution in [0.5, 0.6) is 0 Å². The van der Waals surface area contributed by atoms with Crippen LogP contribution in [-0.2, 0) is 0 Å². The van der Waals surface area contributed by atoms with E-state index in [0.717, 1.165) is 10.2 Å². The second-order valence-corrected chi connectivity index (χ2v) is 5.72. The summed E-state index contributed by atoms with van der Waals surface area (Å²) in [4.78, 5) is 9.45. The molecule has 2 aromatic heterocycles. The van der Waals surface area contributed by atoms with E-state index in [4.69, 9.17) is 11.6 Å². The van der Waals surface area contributed by atoms with E-state index in [0.29, 0.717) is 5.15 Å². The highest BCUT2D eigenvalue weighted by atomic mass is 35.5. The van der Waals surface area contributed by atoms with Gasteiger partial charge in [-0.1, -0.05) is 35.4 Å². The van der Waals surface area contributed by atoms with Crippen molar-refractivity contribution in [3.8, 4) is 10.4 Å². The first-order valence-corrected chi connectivity index (χ1v) is 6.82. The summed E-state index contributed by atoms with van der Waals surface area (Å²) >= 11 is 7.72. The smallest absolute Gasteiger partial charge is 0.150 e. The molecule has 2 nitrogen and oxygen atoms in total. The monoisotopic (exact) mass is 274 g/mol. The Balaban J connectivity index is 2.23. The largest absolute Gasteiger partial charge is 0.235 e. The molecule has 3 aromatic rings. The van der Waals surface area contributed by atoms with Crippen molar-refractivity contribution in [2.24, 2.45) is 0 Å². The van der Waals surface area contributed by atoms with Crippen LogP contribution in [0.3, 0.4) is 0 Å². The second kappa shape index (κ2) is 4.34. The number of fused-ring (bicyclic) bond motifs is 1. The minimum atomic E-state index is 0.529. The molecule has 0 saturated heterocycles. The predicted molar refractivity (Wildman–Crippen MR) is 77.3 cm³/mol. The van der Waals surface area contributed by atoms with E-state index in [1.165, 1.54) is 27.9 Å². The summed E-state index contributed by atoms with van der Waals surface area (Å²) in [6, 6.07) is 8.54. The lowest BCUT2D eigenvalue weighted by Crippen LogP contribution is -1.81. The Morgan fingerprint density at radius 1 is 1.11 bits per heavy atom. The average Bonchev–Trinajstić information content (AvgIpc) is 2.74. The molecule has 4 heteroatoms. The van der Waals surface area contributed by atoms with Crippen LogP contribution in [-0.4, -0.2) is 9.97 Å². The van der Waals surface area contributed by atoms with Gasteiger partial charge in [-0.3, -0.25) is 0 Å². The van der Waals surface area contributed by atoms with Gasteiger partial charge in [0.15, 0.2) is 0 Å². The van der Waals surface area contributed by atoms with Crippen molar-refractivity contribution in [2.45, 2.75) is 13.8 Å². The topological polar surface area (TPSA) is 25.8 Å². The fourth-order valence-electron chi connectivity index (χ4n) is 2.05. The fraction of sp³-hybridized carbons (Fsp3) is 0.143. The van der Waals surface area contributed by atoms with Crippen molar-refractivity contribution in [1.82, 2.24) is 9.97 Å². The van der Waals surface area contributed by atoms with E-state index in [-0.39, 0.29) is 0 Å². The lowest BCUT2D eigenvalue weighted by atomic mass is 10.0. The van der Waals surface area contributed by atoms with Crippen molar-refractivity contribution in [2.75, 3.05) is 0 Å². The van der Waals surface area contributed by atoms with E-state index < -0.39 is 0 Å². The summed E-state index contributed by atoms with van der Waals surface area (Å²) in [7, 11) is 0. The molecule has 0 fully saturated rings. The Kier molecular flexibility index (Phi) is 2.80. The van der Waals surface area contributed by atoms with Gasteiger partial charge in [-0.25, -0.2) is 9.97 Å². The summed E-state index contributed by atoms with van der Waals surface area (Å²) in [5.74, 6) is 0. The molecular formula is C14H11ClN2S. The van der Waals surface area contributed by atoms with Crippen molar-refractivity contribution in [1.29, 1.82) is 0 Å². The van der Waals surface area contributed by atoms with Crippen LogP contribution in [0.15, 0.2) is 30.6 Å². The Morgan fingerprint density at radius 3 is 2.67 bits per heavy atom. The highest BCUT2D eigenvalue weighted by Crippen LogP contribution is 2.36. The van der Waals surface area contributed by atoms with Crippen molar-refractivity contribution >= 4 is 33.2 Å². The van der Waals surface area contributed by atoms with Crippen LogP contribution >= 0.6 is 22.9 Å². The lowest BCUT2D eigenvalue weighted by Gasteiger charge is -2.03. The molecule has 0 saturated carbocycles. The molecule has 0 amide bonds. The van der Waals surface area contributed by atoms with Crippen LogP contribution < -0.4 is 0 Å². The quantitative estimate of drug-likeness (QED) is 0.605. The van der Waals surface area contributed by atoms with Gasteiger partial charge in [0, 0.05) is 4.88 Å². The van der Waals surface area contributed by atoms with Gasteiger partial charge in [-0.15, -0.1) is 11.3 Å². The van der Waals surface area contributed by atoms with E-state index in [1.807, 2.05) is 0 Å². The Labute approximate surface area is 114 Å². The standard InChI is InChI=1S/C14H11ClN2S/c1-8-3-4-10(9(2)5-8)12-6-11-13(18-12)14(15)17-7-16-11/h3-7H,1-2H3. The molecule has 0 aliphatic heterocycles. The number of thiophene rings is 1. The third kappa shape index (κ3) is 1.89. The fourth-order valence-corrected chi connectivity index (χ4v) is 3.39. The van der Waals surface area contributed by atoms with Gasteiger partial charge in [0.1, 0.15) is 11.5 Å². The second-order valence-electron chi connectivity index (χ2n) is 4.31. The van der Waals surface area contributed by atoms with E-state index in [2.05, 4.69) is 48.1 Å². The van der Waals surface area contributed by atoms with Crippen molar-refractivity contribution < 1.29 is 0 Å². The van der Waals surface area contributed by atoms with Gasteiger partial charge in [-0.2, -0.15) is 0 Å². The zero-order valence-electron chi connectivity index (χ0n) is 10.1. The molecule has 0 bridgehead atoms. The molecule has 0 unspecified atom stereocenters. The lowest BCUT2D eigenvalue weighted by molar-refractivity contribution is 1.23. The summed E-state index contributed by atoms with van der Waals surface area (Å²) in [6.45, 7) is 4.23. The first kappa shape index (κ1) is 11.6. The average molecular weight is 275 g/mol. The number of rotatable bonds is 1. The van der Waals surface area contributed by atoms with Gasteiger partial charge in [0.05, 0.1) is 10.2 Å². The highest BCUT2D eigenvalue weighted by Gasteiger charge is 2.10. The maximum Gasteiger partial charge on any atom is 0.150 e. The summed E-state index contributed by atoms with van der Waals surface area (Å²) < 4.78 is 0.953. The number of nitrogens with zero attached hydrogens (tertiary/aromatic N) is 2. The summed E-state index contributed by atoms with van der Waals surface area (Å²) in [5.41, 5.74) is 4.69. The maximum atomic E-state index is 6.08. The van der Waals surface area contributed by atoms with Crippen LogP contribution in [0.1, 0.15) is 11.1 Å². The minimum absolute atomic E-state index is 0.529. The molecule has 0 spiro atoms. The minimum Gasteiger partial charge on any atom is -0.235 e. The molecule has 0 atom stereocenters. The van der Waals surface area contributed by atoms with Gasteiger partial charge in [0.2, 0.25) is 0 Å². The molecule has 2 heterocycles. The highest BCUT2D eigenvalue weighted by molar-refractivity contribution is 7.22. The maximum absolute atomic E-state index is 6.08. The van der Waals surface area contributed by atoms with E-state index >= 15 is 0 Å². The molecule has 0 N–H and O–H groups in total. The molecule has 90 valence electrons. The van der Waals surface area contributed by atoms with Gasteiger partial charge in [0.25, 0.3) is 0 Å². The molecule has 3 rings (SSSR count). The van der Waals surface area contributed by atoms with Crippen LogP contribution in [0, 0.1) is 13.8 Å². The molecule has 0 aliphatic rings. The third-order valence-corrected chi connectivity index (χ3v) is 4.48. The van der Waals surface area contributed by atoms with Crippen LogP contribution in [0.2, 0.25) is 5.15 Å². The first-order valence-electron chi connectivity index (χ1n) is 5.63. The number of hydrogen-bond donors (Lipinski definition) is 0. The Hall–Kier alpha value is -1.45. The van der Waals surface area contributed by atoms with Crippen LogP contribution in [0.25, 0.3) is 20.7 Å². The van der Waals surface area contributed by atoms with E-state index in [9.17, 15) is 0 Å². The van der Waals surface area contributed by atoms with Gasteiger partial charge < -0.3 is 0 Å². The Bertz CT molecular complexity index is 734. The number of aryl methyl sites for hydroxylation is 2. The van der Waals surface area contributed by atoms with Crippen LogP contribution in [0.4, 0.5) is 0 Å². The predicted octanol–water partition coefficient (Wildman–Crippen LogP) is 4.63. The molecule has 0 radical (unpaired) electrons. The number of aromatic nitrogens is 2. The summed E-state index contributed by atoms with van der Waals surface area (Å²) in [5, 5.41) is 0.529. The van der Waals surface area contributed by atoms with Crippen molar-refractivity contribution in [3.05, 3.63) is 46.9 Å². The third-order valence-electron chi connectivity index (χ3n) is 2.92. The Morgan fingerprint density at radius 2 is 1.94 bits per heavy atom. The molecule has 1 aromatic carbocycles. The normalized spacial score (nSPS) is 11.1. The number of halogens is 1. The number of hydrogen-bond acceptors (Lipinski definition) is 3.